The van der Waals surface area contributed by atoms with Gasteiger partial charge in [0.1, 0.15) is 5.44 Å². The first-order valence-corrected chi connectivity index (χ1v) is 3.24. The van der Waals surface area contributed by atoms with Crippen LogP contribution in [0.2, 0.25) is 0 Å². The maximum absolute atomic E-state index is 9.71. The Labute approximate surface area is 73.3 Å². The van der Waals surface area contributed by atoms with Gasteiger partial charge >= 0.3 is 22.4 Å². The topological polar surface area (TPSA) is 60.4 Å². The van der Waals surface area contributed by atoms with E-state index in [1.54, 1.807) is 6.92 Å². The summed E-state index contributed by atoms with van der Waals surface area (Å²) in [5.74, 6) is -0.841. The molecule has 0 saturated carbocycles. The van der Waals surface area contributed by atoms with Gasteiger partial charge in [-0.3, -0.25) is 0 Å². The Bertz CT molecular complexity index is 87.9. The fourth-order valence-electron chi connectivity index (χ4n) is 0.226. The van der Waals surface area contributed by atoms with Gasteiger partial charge in [-0.1, -0.05) is 6.92 Å². The van der Waals surface area contributed by atoms with Crippen molar-refractivity contribution < 1.29 is 37.4 Å². The Morgan fingerprint density at radius 3 is 2.44 bits per heavy atom. The van der Waals surface area contributed by atoms with Gasteiger partial charge in [0.25, 0.3) is 0 Å². The summed E-state index contributed by atoms with van der Waals surface area (Å²) >= 11 is 0.933. The monoisotopic (exact) mass is 332 g/mol. The molecule has 1 atom stereocenters. The Hall–Kier alpha value is 0.520. The number of carboxylic acids is 1. The number of carbonyl (C=O) groups is 1. The maximum atomic E-state index is 9.71. The Morgan fingerprint density at radius 2 is 2.33 bits per heavy atom. The standard InChI is InChI=1S/C4H8O3S.Au/c1-2-8-4(7)3(5)6;/h4,7H,2H2,1H3,(H,5,6);/q;+1/p-1. The van der Waals surface area contributed by atoms with E-state index in [0.29, 0.717) is 5.75 Å². The summed E-state index contributed by atoms with van der Waals surface area (Å²) in [6, 6.07) is 0. The molecule has 0 radical (unpaired) electrons. The van der Waals surface area contributed by atoms with Gasteiger partial charge in [0, 0.05) is 0 Å². The van der Waals surface area contributed by atoms with Crippen molar-refractivity contribution in [2.45, 2.75) is 12.4 Å². The summed E-state index contributed by atoms with van der Waals surface area (Å²) < 4.78 is 0. The van der Waals surface area contributed by atoms with E-state index in [1.807, 2.05) is 0 Å². The van der Waals surface area contributed by atoms with E-state index in [9.17, 15) is 9.90 Å². The van der Waals surface area contributed by atoms with Crippen LogP contribution in [0.1, 0.15) is 6.92 Å². The fourth-order valence-corrected chi connectivity index (χ4v) is 0.678. The zero-order valence-electron chi connectivity index (χ0n) is 4.76. The van der Waals surface area contributed by atoms with Gasteiger partial charge in [-0.2, -0.15) is 0 Å². The summed E-state index contributed by atoms with van der Waals surface area (Å²) in [7, 11) is 0. The predicted molar refractivity (Wildman–Crippen MR) is 29.1 cm³/mol. The van der Waals surface area contributed by atoms with Crippen LogP contribution >= 0.6 is 11.8 Å². The van der Waals surface area contributed by atoms with Crippen molar-refractivity contribution in [3.05, 3.63) is 0 Å². The summed E-state index contributed by atoms with van der Waals surface area (Å²) in [6.07, 6.45) is 0. The van der Waals surface area contributed by atoms with Gasteiger partial charge in [0.15, 0.2) is 0 Å². The molecule has 0 heterocycles. The Balaban J connectivity index is 0. The number of carbonyl (C=O) groups excluding carboxylic acids is 1. The first-order valence-electron chi connectivity index (χ1n) is 2.19. The third kappa shape index (κ3) is 6.40. The SMILES string of the molecule is CCSC(O)C(=O)[O-].[Au+]. The van der Waals surface area contributed by atoms with Gasteiger partial charge in [-0.25, -0.2) is 0 Å². The molecule has 1 unspecified atom stereocenters. The van der Waals surface area contributed by atoms with Crippen LogP contribution in [0, 0.1) is 0 Å². The second-order valence-electron chi connectivity index (χ2n) is 1.13. The van der Waals surface area contributed by atoms with Crippen molar-refractivity contribution in [3.63, 3.8) is 0 Å². The molecule has 0 aliphatic heterocycles. The molecular weight excluding hydrogens is 325 g/mol. The molecule has 0 bridgehead atoms. The molecule has 0 aliphatic rings. The van der Waals surface area contributed by atoms with E-state index in [-0.39, 0.29) is 22.4 Å². The van der Waals surface area contributed by atoms with Crippen molar-refractivity contribution in [2.75, 3.05) is 5.75 Å². The number of carboxylic acid groups (broad SMARTS) is 1. The molecule has 9 heavy (non-hydrogen) atoms. The molecule has 58 valence electrons. The van der Waals surface area contributed by atoms with Crippen LogP contribution in [0.4, 0.5) is 0 Å². The second-order valence-corrected chi connectivity index (χ2v) is 2.48. The first kappa shape index (κ1) is 12.2. The van der Waals surface area contributed by atoms with E-state index >= 15 is 0 Å². The van der Waals surface area contributed by atoms with Crippen LogP contribution in [-0.4, -0.2) is 22.3 Å². The molecule has 0 saturated heterocycles. The summed E-state index contributed by atoms with van der Waals surface area (Å²) in [4.78, 5) is 9.71. The third-order valence-electron chi connectivity index (χ3n) is 0.526. The van der Waals surface area contributed by atoms with Crippen LogP contribution in [0.3, 0.4) is 0 Å². The normalized spacial score (nSPS) is 11.8. The number of aliphatic hydroxyl groups excluding tert-OH is 1. The Kier molecular flexibility index (Phi) is 9.01. The molecule has 0 aromatic heterocycles. The zero-order valence-corrected chi connectivity index (χ0v) is 7.74. The number of rotatable bonds is 3. The van der Waals surface area contributed by atoms with Crippen molar-refractivity contribution in [3.8, 4) is 0 Å². The third-order valence-corrected chi connectivity index (χ3v) is 1.37. The van der Waals surface area contributed by atoms with Crippen LogP contribution in [0.25, 0.3) is 0 Å². The van der Waals surface area contributed by atoms with E-state index in [4.69, 9.17) is 5.11 Å². The number of hydrogen-bond acceptors (Lipinski definition) is 4. The minimum atomic E-state index is -1.42. The number of aliphatic carboxylic acids is 1. The van der Waals surface area contributed by atoms with Crippen molar-refractivity contribution in [1.29, 1.82) is 0 Å². The summed E-state index contributed by atoms with van der Waals surface area (Å²) in [5, 5.41) is 18.1. The first-order chi connectivity index (χ1) is 3.68. The van der Waals surface area contributed by atoms with E-state index in [0.717, 1.165) is 11.8 Å². The molecule has 0 aliphatic carbocycles. The van der Waals surface area contributed by atoms with Crippen molar-refractivity contribution in [2.24, 2.45) is 0 Å². The Morgan fingerprint density at radius 1 is 1.89 bits per heavy atom. The summed E-state index contributed by atoms with van der Waals surface area (Å²) in [6.45, 7) is 1.76. The largest absolute Gasteiger partial charge is 1.00 e. The maximum Gasteiger partial charge on any atom is 1.00 e. The zero-order chi connectivity index (χ0) is 6.57. The molecule has 0 aromatic carbocycles. The van der Waals surface area contributed by atoms with Gasteiger partial charge in [0.05, 0.1) is 5.97 Å². The molecule has 5 heteroatoms. The van der Waals surface area contributed by atoms with E-state index in [2.05, 4.69) is 0 Å². The minimum absolute atomic E-state index is 0. The van der Waals surface area contributed by atoms with Crippen molar-refractivity contribution >= 4 is 17.7 Å². The van der Waals surface area contributed by atoms with Gasteiger partial charge in [-0.05, 0) is 5.75 Å². The average molecular weight is 332 g/mol. The van der Waals surface area contributed by atoms with Gasteiger partial charge in [-0.15, -0.1) is 11.8 Å². The van der Waals surface area contributed by atoms with Crippen LogP contribution in [-0.2, 0) is 27.2 Å². The van der Waals surface area contributed by atoms with Gasteiger partial charge < -0.3 is 15.0 Å². The number of aliphatic hydroxyl groups is 1. The molecule has 0 amide bonds. The molecule has 0 fully saturated rings. The van der Waals surface area contributed by atoms with Crippen molar-refractivity contribution in [1.82, 2.24) is 0 Å². The molecule has 0 rings (SSSR count). The fraction of sp³-hybridized carbons (Fsp3) is 0.750. The van der Waals surface area contributed by atoms with Crippen LogP contribution in [0.15, 0.2) is 0 Å². The minimum Gasteiger partial charge on any atom is -0.546 e. The number of thioether (sulfide) groups is 1. The van der Waals surface area contributed by atoms with Crippen LogP contribution in [0.5, 0.6) is 0 Å². The predicted octanol–water partition coefficient (Wildman–Crippen LogP) is -1.19. The van der Waals surface area contributed by atoms with E-state index < -0.39 is 11.4 Å². The molecule has 0 aromatic rings. The average Bonchev–Trinajstić information content (AvgIpc) is 1.67. The van der Waals surface area contributed by atoms with E-state index in [1.165, 1.54) is 0 Å². The molecular formula is C4H7AuO3S. The van der Waals surface area contributed by atoms with Crippen LogP contribution < -0.4 is 5.11 Å². The van der Waals surface area contributed by atoms with Gasteiger partial charge in [0.2, 0.25) is 0 Å². The molecule has 3 nitrogen and oxygen atoms in total. The quantitative estimate of drug-likeness (QED) is 0.521. The second kappa shape index (κ2) is 6.64. The smallest absolute Gasteiger partial charge is 0.546 e. The molecule has 1 N–H and O–H groups in total. The molecule has 0 spiro atoms. The number of hydrogen-bond donors (Lipinski definition) is 1. The summed E-state index contributed by atoms with van der Waals surface area (Å²) in [5.41, 5.74) is -1.36.